The van der Waals surface area contributed by atoms with E-state index in [0.717, 1.165) is 41.8 Å². The highest BCUT2D eigenvalue weighted by Gasteiger charge is 2.26. The zero-order chi connectivity index (χ0) is 18.5. The minimum atomic E-state index is 0.287. The Kier molecular flexibility index (Phi) is 6.85. The molecule has 0 amide bonds. The number of nitrogens with one attached hydrogen (secondary N) is 1. The number of benzene rings is 2. The van der Waals surface area contributed by atoms with Gasteiger partial charge in [-0.05, 0) is 72.7 Å². The van der Waals surface area contributed by atoms with E-state index in [2.05, 4.69) is 57.6 Å². The predicted molar refractivity (Wildman–Crippen MR) is 111 cm³/mol. The van der Waals surface area contributed by atoms with E-state index in [0.29, 0.717) is 11.8 Å². The summed E-state index contributed by atoms with van der Waals surface area (Å²) in [6.45, 7) is 0.973. The largest absolute Gasteiger partial charge is 0.493 e. The topological polar surface area (TPSA) is 30.5 Å². The summed E-state index contributed by atoms with van der Waals surface area (Å²) in [5.41, 5.74) is 3.99. The summed E-state index contributed by atoms with van der Waals surface area (Å²) >= 11 is 9.64. The highest BCUT2D eigenvalue weighted by Crippen LogP contribution is 2.39. The van der Waals surface area contributed by atoms with Crippen molar-refractivity contribution in [3.05, 3.63) is 57.6 Å². The SMILES string of the molecule is COc1cc2c(cc1OC)C(CC(CCCl)c1ccc(Br)cc1)NCC2. The van der Waals surface area contributed by atoms with Crippen LogP contribution in [0.3, 0.4) is 0 Å². The fourth-order valence-corrected chi connectivity index (χ4v) is 4.28. The number of alkyl halides is 1. The zero-order valence-electron chi connectivity index (χ0n) is 15.2. The highest BCUT2D eigenvalue weighted by atomic mass is 79.9. The van der Waals surface area contributed by atoms with Gasteiger partial charge in [0.2, 0.25) is 0 Å². The van der Waals surface area contributed by atoms with Gasteiger partial charge in [0.15, 0.2) is 11.5 Å². The van der Waals surface area contributed by atoms with Gasteiger partial charge < -0.3 is 14.8 Å². The molecule has 140 valence electrons. The van der Waals surface area contributed by atoms with E-state index in [4.69, 9.17) is 21.1 Å². The molecule has 1 aliphatic heterocycles. The maximum atomic E-state index is 6.12. The lowest BCUT2D eigenvalue weighted by Crippen LogP contribution is -2.31. The van der Waals surface area contributed by atoms with E-state index in [9.17, 15) is 0 Å². The Morgan fingerprint density at radius 2 is 1.85 bits per heavy atom. The molecule has 1 heterocycles. The molecule has 0 radical (unpaired) electrons. The van der Waals surface area contributed by atoms with Crippen molar-refractivity contribution in [2.75, 3.05) is 26.6 Å². The first-order valence-corrected chi connectivity index (χ1v) is 10.3. The molecule has 2 aromatic carbocycles. The fourth-order valence-electron chi connectivity index (χ4n) is 3.75. The molecule has 3 rings (SSSR count). The van der Waals surface area contributed by atoms with E-state index in [1.54, 1.807) is 14.2 Å². The summed E-state index contributed by atoms with van der Waals surface area (Å²) in [6, 6.07) is 13.1. The summed E-state index contributed by atoms with van der Waals surface area (Å²) < 4.78 is 12.1. The standard InChI is InChI=1S/C21H25BrClNO2/c1-25-20-12-16-8-10-24-19(18(16)13-21(20)26-2)11-15(7-9-23)14-3-5-17(22)6-4-14/h3-6,12-13,15,19,24H,7-11H2,1-2H3. The Morgan fingerprint density at radius 1 is 1.15 bits per heavy atom. The van der Waals surface area contributed by atoms with Crippen LogP contribution >= 0.6 is 27.5 Å². The molecule has 26 heavy (non-hydrogen) atoms. The maximum absolute atomic E-state index is 6.12. The molecule has 0 saturated heterocycles. The van der Waals surface area contributed by atoms with E-state index < -0.39 is 0 Å². The first-order valence-electron chi connectivity index (χ1n) is 8.95. The molecule has 1 aliphatic rings. The van der Waals surface area contributed by atoms with Gasteiger partial charge in [0, 0.05) is 16.4 Å². The summed E-state index contributed by atoms with van der Waals surface area (Å²) in [4.78, 5) is 0. The normalized spacial score (nSPS) is 17.5. The van der Waals surface area contributed by atoms with E-state index in [1.807, 2.05) is 0 Å². The first-order chi connectivity index (χ1) is 12.7. The quantitative estimate of drug-likeness (QED) is 0.583. The molecule has 2 atom stereocenters. The molecule has 0 aliphatic carbocycles. The van der Waals surface area contributed by atoms with E-state index in [1.165, 1.54) is 16.7 Å². The molecule has 0 bridgehead atoms. The van der Waals surface area contributed by atoms with Crippen LogP contribution in [0.5, 0.6) is 11.5 Å². The molecule has 3 nitrogen and oxygen atoms in total. The Hall–Kier alpha value is -1.23. The highest BCUT2D eigenvalue weighted by molar-refractivity contribution is 9.10. The second-order valence-electron chi connectivity index (χ2n) is 6.62. The van der Waals surface area contributed by atoms with Gasteiger partial charge in [0.25, 0.3) is 0 Å². The molecule has 0 aromatic heterocycles. The first kappa shape index (κ1) is 19.5. The number of methoxy groups -OCH3 is 2. The Bertz CT molecular complexity index is 736. The third-order valence-corrected chi connectivity index (χ3v) is 5.87. The number of ether oxygens (including phenoxy) is 2. The van der Waals surface area contributed by atoms with Crippen molar-refractivity contribution in [3.8, 4) is 11.5 Å². The van der Waals surface area contributed by atoms with Gasteiger partial charge >= 0.3 is 0 Å². The lowest BCUT2D eigenvalue weighted by atomic mass is 9.84. The van der Waals surface area contributed by atoms with Gasteiger partial charge in [-0.2, -0.15) is 0 Å². The molecule has 1 N–H and O–H groups in total. The van der Waals surface area contributed by atoms with Gasteiger partial charge in [-0.1, -0.05) is 28.1 Å². The average molecular weight is 439 g/mol. The lowest BCUT2D eigenvalue weighted by Gasteiger charge is -2.31. The van der Waals surface area contributed by atoms with Gasteiger partial charge in [0.05, 0.1) is 14.2 Å². The summed E-state index contributed by atoms with van der Waals surface area (Å²) in [6.07, 6.45) is 2.98. The minimum absolute atomic E-state index is 0.287. The van der Waals surface area contributed by atoms with Gasteiger partial charge in [-0.25, -0.2) is 0 Å². The number of fused-ring (bicyclic) bond motifs is 1. The third kappa shape index (κ3) is 4.36. The molecular weight excluding hydrogens is 414 g/mol. The van der Waals surface area contributed by atoms with Crippen molar-refractivity contribution in [1.82, 2.24) is 5.32 Å². The van der Waals surface area contributed by atoms with Crippen LogP contribution in [0.15, 0.2) is 40.9 Å². The summed E-state index contributed by atoms with van der Waals surface area (Å²) in [5.74, 6) is 2.67. The third-order valence-electron chi connectivity index (χ3n) is 5.13. The molecule has 0 saturated carbocycles. The van der Waals surface area contributed by atoms with Crippen LogP contribution in [0.4, 0.5) is 0 Å². The van der Waals surface area contributed by atoms with Gasteiger partial charge in [-0.3, -0.25) is 0 Å². The molecule has 2 unspecified atom stereocenters. The second kappa shape index (κ2) is 9.12. The minimum Gasteiger partial charge on any atom is -0.493 e. The van der Waals surface area contributed by atoms with E-state index in [-0.39, 0.29) is 6.04 Å². The van der Waals surface area contributed by atoms with Crippen LogP contribution < -0.4 is 14.8 Å². The maximum Gasteiger partial charge on any atom is 0.161 e. The van der Waals surface area contributed by atoms with Crippen LogP contribution in [0.1, 0.15) is 41.5 Å². The van der Waals surface area contributed by atoms with Crippen molar-refractivity contribution in [2.24, 2.45) is 0 Å². The van der Waals surface area contributed by atoms with Crippen molar-refractivity contribution >= 4 is 27.5 Å². The number of hydrogen-bond acceptors (Lipinski definition) is 3. The second-order valence-corrected chi connectivity index (χ2v) is 7.92. The molecule has 2 aromatic rings. The fraction of sp³-hybridized carbons (Fsp3) is 0.429. The van der Waals surface area contributed by atoms with Crippen LogP contribution in [-0.2, 0) is 6.42 Å². The molecule has 0 fully saturated rings. The Balaban J connectivity index is 1.88. The Labute approximate surface area is 169 Å². The monoisotopic (exact) mass is 437 g/mol. The zero-order valence-corrected chi connectivity index (χ0v) is 17.6. The van der Waals surface area contributed by atoms with Crippen LogP contribution in [-0.4, -0.2) is 26.6 Å². The van der Waals surface area contributed by atoms with Crippen LogP contribution in [0.25, 0.3) is 0 Å². The predicted octanol–water partition coefficient (Wildman–Crippen LogP) is 5.46. The van der Waals surface area contributed by atoms with Gasteiger partial charge in [0.1, 0.15) is 0 Å². The smallest absolute Gasteiger partial charge is 0.161 e. The van der Waals surface area contributed by atoms with Crippen molar-refractivity contribution < 1.29 is 9.47 Å². The molecule has 5 heteroatoms. The van der Waals surface area contributed by atoms with Crippen LogP contribution in [0, 0.1) is 0 Å². The molecule has 0 spiro atoms. The number of rotatable bonds is 7. The summed E-state index contributed by atoms with van der Waals surface area (Å²) in [5, 5.41) is 3.69. The average Bonchev–Trinajstić information content (AvgIpc) is 2.67. The van der Waals surface area contributed by atoms with Crippen LogP contribution in [0.2, 0.25) is 0 Å². The molecular formula is C21H25BrClNO2. The Morgan fingerprint density at radius 3 is 2.50 bits per heavy atom. The van der Waals surface area contributed by atoms with E-state index >= 15 is 0 Å². The number of halogens is 2. The number of hydrogen-bond donors (Lipinski definition) is 1. The van der Waals surface area contributed by atoms with Gasteiger partial charge in [-0.15, -0.1) is 11.6 Å². The summed E-state index contributed by atoms with van der Waals surface area (Å²) in [7, 11) is 3.38. The lowest BCUT2D eigenvalue weighted by molar-refractivity contribution is 0.350. The van der Waals surface area contributed by atoms with Crippen molar-refractivity contribution in [2.45, 2.75) is 31.2 Å². The van der Waals surface area contributed by atoms with Crippen molar-refractivity contribution in [3.63, 3.8) is 0 Å². The van der Waals surface area contributed by atoms with Crippen molar-refractivity contribution in [1.29, 1.82) is 0 Å².